The van der Waals surface area contributed by atoms with E-state index >= 15 is 0 Å². The lowest BCUT2D eigenvalue weighted by Crippen LogP contribution is -2.16. The molecule has 0 atom stereocenters. The monoisotopic (exact) mass is 139 g/mol. The van der Waals surface area contributed by atoms with Gasteiger partial charge < -0.3 is 5.32 Å². The van der Waals surface area contributed by atoms with Gasteiger partial charge in [0.25, 0.3) is 0 Å². The Morgan fingerprint density at radius 3 is 2.80 bits per heavy atom. The second-order valence-electron chi connectivity index (χ2n) is 2.49. The van der Waals surface area contributed by atoms with E-state index in [1.165, 1.54) is 5.57 Å². The molecule has 0 aromatic heterocycles. The molecular weight excluding hydrogens is 122 g/mol. The molecule has 1 heteroatoms. The summed E-state index contributed by atoms with van der Waals surface area (Å²) in [7, 11) is 0. The van der Waals surface area contributed by atoms with Crippen molar-refractivity contribution in [3.05, 3.63) is 24.3 Å². The Morgan fingerprint density at radius 2 is 2.30 bits per heavy atom. The van der Waals surface area contributed by atoms with Gasteiger partial charge in [0.05, 0.1) is 0 Å². The summed E-state index contributed by atoms with van der Waals surface area (Å²) in [5.41, 5.74) is 1.19. The number of hydrogen-bond acceptors (Lipinski definition) is 1. The van der Waals surface area contributed by atoms with E-state index in [2.05, 4.69) is 24.0 Å². The minimum atomic E-state index is 0.942. The van der Waals surface area contributed by atoms with Gasteiger partial charge in [0.2, 0.25) is 0 Å². The van der Waals surface area contributed by atoms with Gasteiger partial charge in [-0.05, 0) is 26.8 Å². The first-order valence-electron chi connectivity index (χ1n) is 3.73. The van der Waals surface area contributed by atoms with E-state index in [-0.39, 0.29) is 0 Å². The minimum absolute atomic E-state index is 0.942. The summed E-state index contributed by atoms with van der Waals surface area (Å²) in [6.07, 6.45) is 5.34. The van der Waals surface area contributed by atoms with E-state index < -0.39 is 0 Å². The van der Waals surface area contributed by atoms with E-state index in [0.29, 0.717) is 0 Å². The average Bonchev–Trinajstić information content (AvgIpc) is 1.87. The lowest BCUT2D eigenvalue weighted by Gasteiger charge is -1.99. The van der Waals surface area contributed by atoms with Crippen molar-refractivity contribution in [1.82, 2.24) is 5.32 Å². The maximum Gasteiger partial charge on any atom is 0.0159 e. The molecule has 0 aromatic rings. The second kappa shape index (κ2) is 6.56. The summed E-state index contributed by atoms with van der Waals surface area (Å²) in [6.45, 7) is 9.86. The first-order chi connectivity index (χ1) is 4.77. The van der Waals surface area contributed by atoms with Crippen molar-refractivity contribution in [2.45, 2.75) is 20.3 Å². The van der Waals surface area contributed by atoms with Crippen molar-refractivity contribution < 1.29 is 0 Å². The standard InChI is InChI=1S/C9H17N/c1-4-5-6-7-10-8-9(2)3/h4-5,10H,2,6-8H2,1,3H3/b5-4+. The molecule has 0 fully saturated rings. The largest absolute Gasteiger partial charge is 0.313 e. The van der Waals surface area contributed by atoms with Crippen LogP contribution in [0.4, 0.5) is 0 Å². The number of nitrogens with one attached hydrogen (secondary N) is 1. The fraction of sp³-hybridized carbons (Fsp3) is 0.556. The van der Waals surface area contributed by atoms with E-state index in [4.69, 9.17) is 0 Å². The Hall–Kier alpha value is -0.560. The van der Waals surface area contributed by atoms with Gasteiger partial charge in [-0.3, -0.25) is 0 Å². The molecule has 1 N–H and O–H groups in total. The fourth-order valence-corrected chi connectivity index (χ4v) is 0.654. The molecular formula is C9H17N. The van der Waals surface area contributed by atoms with Crippen LogP contribution in [-0.4, -0.2) is 13.1 Å². The summed E-state index contributed by atoms with van der Waals surface area (Å²) < 4.78 is 0. The third-order valence-corrected chi connectivity index (χ3v) is 1.15. The molecule has 0 rings (SSSR count). The van der Waals surface area contributed by atoms with Crippen molar-refractivity contribution in [3.8, 4) is 0 Å². The van der Waals surface area contributed by atoms with Crippen LogP contribution in [-0.2, 0) is 0 Å². The fourth-order valence-electron chi connectivity index (χ4n) is 0.654. The zero-order valence-corrected chi connectivity index (χ0v) is 6.98. The molecule has 0 unspecified atom stereocenters. The first-order valence-corrected chi connectivity index (χ1v) is 3.73. The van der Waals surface area contributed by atoms with E-state index in [0.717, 1.165) is 19.5 Å². The van der Waals surface area contributed by atoms with Gasteiger partial charge in [0.15, 0.2) is 0 Å². The summed E-state index contributed by atoms with van der Waals surface area (Å²) in [4.78, 5) is 0. The lowest BCUT2D eigenvalue weighted by molar-refractivity contribution is 0.739. The van der Waals surface area contributed by atoms with Crippen LogP contribution in [0.1, 0.15) is 20.3 Å². The maximum absolute atomic E-state index is 3.79. The zero-order chi connectivity index (χ0) is 7.82. The Morgan fingerprint density at radius 1 is 1.60 bits per heavy atom. The Labute approximate surface area is 63.8 Å². The highest BCUT2D eigenvalue weighted by molar-refractivity contribution is 4.90. The molecule has 0 saturated heterocycles. The Kier molecular flexibility index (Phi) is 6.19. The third kappa shape index (κ3) is 7.44. The lowest BCUT2D eigenvalue weighted by atomic mass is 10.3. The van der Waals surface area contributed by atoms with Crippen LogP contribution in [0.3, 0.4) is 0 Å². The summed E-state index contributed by atoms with van der Waals surface area (Å²) in [5, 5.41) is 3.27. The number of allylic oxidation sites excluding steroid dienone is 1. The predicted molar refractivity (Wildman–Crippen MR) is 47.1 cm³/mol. The quantitative estimate of drug-likeness (QED) is 0.454. The van der Waals surface area contributed by atoms with Crippen molar-refractivity contribution in [2.24, 2.45) is 0 Å². The molecule has 0 spiro atoms. The van der Waals surface area contributed by atoms with Crippen LogP contribution in [0.2, 0.25) is 0 Å². The van der Waals surface area contributed by atoms with Crippen LogP contribution < -0.4 is 5.32 Å². The molecule has 58 valence electrons. The molecule has 1 nitrogen and oxygen atoms in total. The highest BCUT2D eigenvalue weighted by Gasteiger charge is 1.83. The van der Waals surface area contributed by atoms with Crippen LogP contribution >= 0.6 is 0 Å². The van der Waals surface area contributed by atoms with Gasteiger partial charge in [-0.1, -0.05) is 24.3 Å². The molecule has 0 heterocycles. The average molecular weight is 139 g/mol. The van der Waals surface area contributed by atoms with Crippen molar-refractivity contribution in [3.63, 3.8) is 0 Å². The second-order valence-corrected chi connectivity index (χ2v) is 2.49. The van der Waals surface area contributed by atoms with Crippen LogP contribution in [0.5, 0.6) is 0 Å². The summed E-state index contributed by atoms with van der Waals surface area (Å²) in [5.74, 6) is 0. The Bertz CT molecular complexity index is 114. The highest BCUT2D eigenvalue weighted by atomic mass is 14.8. The number of rotatable bonds is 5. The van der Waals surface area contributed by atoms with Gasteiger partial charge in [-0.2, -0.15) is 0 Å². The van der Waals surface area contributed by atoms with Gasteiger partial charge in [0.1, 0.15) is 0 Å². The van der Waals surface area contributed by atoms with E-state index in [9.17, 15) is 0 Å². The van der Waals surface area contributed by atoms with Crippen molar-refractivity contribution >= 4 is 0 Å². The van der Waals surface area contributed by atoms with Crippen LogP contribution in [0.25, 0.3) is 0 Å². The molecule has 0 radical (unpaired) electrons. The van der Waals surface area contributed by atoms with E-state index in [1.807, 2.05) is 13.8 Å². The maximum atomic E-state index is 3.79. The molecule has 0 amide bonds. The predicted octanol–water partition coefficient (Wildman–Crippen LogP) is 2.12. The zero-order valence-electron chi connectivity index (χ0n) is 6.98. The third-order valence-electron chi connectivity index (χ3n) is 1.15. The topological polar surface area (TPSA) is 12.0 Å². The van der Waals surface area contributed by atoms with Crippen molar-refractivity contribution in [2.75, 3.05) is 13.1 Å². The van der Waals surface area contributed by atoms with Crippen LogP contribution in [0.15, 0.2) is 24.3 Å². The van der Waals surface area contributed by atoms with Gasteiger partial charge in [-0.25, -0.2) is 0 Å². The van der Waals surface area contributed by atoms with Gasteiger partial charge >= 0.3 is 0 Å². The van der Waals surface area contributed by atoms with Crippen molar-refractivity contribution in [1.29, 1.82) is 0 Å². The summed E-state index contributed by atoms with van der Waals surface area (Å²) in [6, 6.07) is 0. The van der Waals surface area contributed by atoms with E-state index in [1.54, 1.807) is 0 Å². The molecule has 0 aliphatic carbocycles. The smallest absolute Gasteiger partial charge is 0.0159 e. The van der Waals surface area contributed by atoms with Gasteiger partial charge in [-0.15, -0.1) is 0 Å². The van der Waals surface area contributed by atoms with Gasteiger partial charge in [0, 0.05) is 6.54 Å². The normalized spacial score (nSPS) is 10.6. The molecule has 0 bridgehead atoms. The molecule has 0 aliphatic rings. The minimum Gasteiger partial charge on any atom is -0.313 e. The molecule has 10 heavy (non-hydrogen) atoms. The number of hydrogen-bond donors (Lipinski definition) is 1. The summed E-state index contributed by atoms with van der Waals surface area (Å²) >= 11 is 0. The molecule has 0 aliphatic heterocycles. The first kappa shape index (κ1) is 9.44. The van der Waals surface area contributed by atoms with Crippen LogP contribution in [0, 0.1) is 0 Å². The Balaban J connectivity index is 2.98. The molecule has 0 aromatic carbocycles. The highest BCUT2D eigenvalue weighted by Crippen LogP contribution is 1.83. The molecule has 0 saturated carbocycles. The SMILES string of the molecule is C=C(C)CNCC/C=C/C.